The zero-order chi connectivity index (χ0) is 18.7. The topological polar surface area (TPSA) is 30.7 Å². The predicted octanol–water partition coefficient (Wildman–Crippen LogP) is 7.03. The number of rotatable bonds is 14. The summed E-state index contributed by atoms with van der Waals surface area (Å²) in [6, 6.07) is 8.31. The highest BCUT2D eigenvalue weighted by atomic mass is 15.5. The van der Waals surface area contributed by atoms with E-state index in [-0.39, 0.29) is 5.54 Å². The largest absolute Gasteiger partial charge is 0.235 e. The van der Waals surface area contributed by atoms with Crippen LogP contribution >= 0.6 is 0 Å². The van der Waals surface area contributed by atoms with Crippen LogP contribution in [0.15, 0.2) is 36.9 Å². The highest BCUT2D eigenvalue weighted by Crippen LogP contribution is 2.33. The van der Waals surface area contributed by atoms with Gasteiger partial charge in [-0.05, 0) is 25.0 Å². The summed E-state index contributed by atoms with van der Waals surface area (Å²) in [5, 5.41) is 8.98. The lowest BCUT2D eigenvalue weighted by molar-refractivity contribution is 0.270. The minimum absolute atomic E-state index is 0.103. The highest BCUT2D eigenvalue weighted by molar-refractivity contribution is 5.74. The van der Waals surface area contributed by atoms with Crippen LogP contribution in [0.3, 0.4) is 0 Å². The van der Waals surface area contributed by atoms with E-state index in [4.69, 9.17) is 0 Å². The van der Waals surface area contributed by atoms with Gasteiger partial charge in [-0.25, -0.2) is 4.68 Å². The van der Waals surface area contributed by atoms with Gasteiger partial charge in [0.15, 0.2) is 0 Å². The molecule has 0 saturated carbocycles. The predicted molar refractivity (Wildman–Crippen MR) is 112 cm³/mol. The molecule has 1 aromatic carbocycles. The van der Waals surface area contributed by atoms with Crippen LogP contribution in [0.5, 0.6) is 0 Å². The summed E-state index contributed by atoms with van der Waals surface area (Å²) in [4.78, 5) is 0. The summed E-state index contributed by atoms with van der Waals surface area (Å²) in [7, 11) is 0. The van der Waals surface area contributed by atoms with Crippen molar-refractivity contribution in [2.45, 2.75) is 96.4 Å². The molecular weight excluding hydrogens is 318 g/mol. The molecule has 144 valence electrons. The molecule has 26 heavy (non-hydrogen) atoms. The molecule has 0 bridgehead atoms. The van der Waals surface area contributed by atoms with E-state index in [0.29, 0.717) is 0 Å². The normalized spacial score (nSPS) is 11.9. The van der Waals surface area contributed by atoms with Gasteiger partial charge in [-0.15, -0.1) is 11.7 Å². The number of nitrogens with zero attached hydrogens (tertiary/aromatic N) is 3. The standard InChI is InChI=1S/C23H37N3/c1-4-7-9-11-15-19-23(6-3,20-16-12-10-8-5-2)26-22-18-14-13-17-21(22)24-25-26/h6,13-14,17-18H,3-5,7-12,15-16,19-20H2,1-2H3. The Hall–Kier alpha value is -1.64. The van der Waals surface area contributed by atoms with Gasteiger partial charge in [0, 0.05) is 0 Å². The minimum Gasteiger partial charge on any atom is -0.235 e. The van der Waals surface area contributed by atoms with E-state index in [1.165, 1.54) is 64.2 Å². The second kappa shape index (κ2) is 11.2. The Labute approximate surface area is 159 Å². The SMILES string of the molecule is C=CC(CCCCCCC)(CCCCCCC)n1nnc2ccccc21. The third-order valence-corrected chi connectivity index (χ3v) is 5.58. The van der Waals surface area contributed by atoms with Crippen molar-refractivity contribution in [1.29, 1.82) is 0 Å². The summed E-state index contributed by atoms with van der Waals surface area (Å²) in [5.41, 5.74) is 2.01. The van der Waals surface area contributed by atoms with Crippen LogP contribution in [-0.4, -0.2) is 15.0 Å². The molecule has 3 nitrogen and oxygen atoms in total. The van der Waals surface area contributed by atoms with E-state index < -0.39 is 0 Å². The van der Waals surface area contributed by atoms with Crippen molar-refractivity contribution in [3.8, 4) is 0 Å². The van der Waals surface area contributed by atoms with Gasteiger partial charge >= 0.3 is 0 Å². The van der Waals surface area contributed by atoms with Gasteiger partial charge in [0.05, 0.1) is 11.1 Å². The van der Waals surface area contributed by atoms with Crippen molar-refractivity contribution in [2.24, 2.45) is 0 Å². The van der Waals surface area contributed by atoms with Crippen LogP contribution < -0.4 is 0 Å². The average molecular weight is 356 g/mol. The van der Waals surface area contributed by atoms with Crippen LogP contribution in [0, 0.1) is 0 Å². The Morgan fingerprint density at radius 1 is 0.885 bits per heavy atom. The number of allylic oxidation sites excluding steroid dienone is 1. The van der Waals surface area contributed by atoms with Crippen LogP contribution in [0.4, 0.5) is 0 Å². The molecule has 0 unspecified atom stereocenters. The second-order valence-electron chi connectivity index (χ2n) is 7.63. The third kappa shape index (κ3) is 5.43. The molecule has 0 N–H and O–H groups in total. The Morgan fingerprint density at radius 2 is 1.46 bits per heavy atom. The smallest absolute Gasteiger partial charge is 0.113 e. The minimum atomic E-state index is -0.103. The highest BCUT2D eigenvalue weighted by Gasteiger charge is 2.30. The van der Waals surface area contributed by atoms with Gasteiger partial charge in [0.2, 0.25) is 0 Å². The van der Waals surface area contributed by atoms with Gasteiger partial charge in [-0.3, -0.25) is 0 Å². The summed E-state index contributed by atoms with van der Waals surface area (Å²) < 4.78 is 2.16. The first-order valence-corrected chi connectivity index (χ1v) is 10.7. The maximum Gasteiger partial charge on any atom is 0.113 e. The molecule has 0 aliphatic carbocycles. The van der Waals surface area contributed by atoms with Crippen LogP contribution in [0.2, 0.25) is 0 Å². The molecule has 0 aliphatic rings. The van der Waals surface area contributed by atoms with Gasteiger partial charge in [0.1, 0.15) is 5.52 Å². The number of hydrogen-bond donors (Lipinski definition) is 0. The molecule has 2 rings (SSSR count). The number of benzene rings is 1. The molecule has 0 atom stereocenters. The van der Waals surface area contributed by atoms with Crippen LogP contribution in [0.25, 0.3) is 11.0 Å². The van der Waals surface area contributed by atoms with E-state index in [1.807, 2.05) is 6.07 Å². The summed E-state index contributed by atoms with van der Waals surface area (Å²) in [6.07, 6.45) is 17.3. The Bertz CT molecular complexity index is 630. The number of para-hydroxylation sites is 1. The molecule has 1 aromatic heterocycles. The fraction of sp³-hybridized carbons (Fsp3) is 0.652. The lowest BCUT2D eigenvalue weighted by atomic mass is 9.86. The Kier molecular flexibility index (Phi) is 8.87. The first-order chi connectivity index (χ1) is 12.8. The Balaban J connectivity index is 2.14. The lowest BCUT2D eigenvalue weighted by Crippen LogP contribution is -2.32. The van der Waals surface area contributed by atoms with Crippen molar-refractivity contribution in [3.63, 3.8) is 0 Å². The van der Waals surface area contributed by atoms with E-state index >= 15 is 0 Å². The van der Waals surface area contributed by atoms with E-state index in [0.717, 1.165) is 23.9 Å². The van der Waals surface area contributed by atoms with Gasteiger partial charge in [-0.1, -0.05) is 101 Å². The molecule has 0 amide bonds. The molecule has 2 aromatic rings. The summed E-state index contributed by atoms with van der Waals surface area (Å²) in [6.45, 7) is 8.78. The Morgan fingerprint density at radius 3 is 2.04 bits per heavy atom. The van der Waals surface area contributed by atoms with Crippen molar-refractivity contribution >= 4 is 11.0 Å². The first kappa shape index (κ1) is 20.7. The zero-order valence-electron chi connectivity index (χ0n) is 16.9. The fourth-order valence-electron chi connectivity index (χ4n) is 3.89. The molecule has 0 saturated heterocycles. The van der Waals surface area contributed by atoms with E-state index in [2.05, 4.69) is 59.7 Å². The lowest BCUT2D eigenvalue weighted by Gasteiger charge is -2.31. The maximum atomic E-state index is 4.56. The molecule has 0 fully saturated rings. The first-order valence-electron chi connectivity index (χ1n) is 10.7. The number of unbranched alkanes of at least 4 members (excludes halogenated alkanes) is 8. The van der Waals surface area contributed by atoms with Crippen molar-refractivity contribution in [1.82, 2.24) is 15.0 Å². The zero-order valence-corrected chi connectivity index (χ0v) is 16.9. The monoisotopic (exact) mass is 355 g/mol. The van der Waals surface area contributed by atoms with Gasteiger partial charge in [0.25, 0.3) is 0 Å². The number of fused-ring (bicyclic) bond motifs is 1. The van der Waals surface area contributed by atoms with Gasteiger partial charge in [-0.2, -0.15) is 0 Å². The van der Waals surface area contributed by atoms with Crippen molar-refractivity contribution in [3.05, 3.63) is 36.9 Å². The molecule has 0 spiro atoms. The number of aromatic nitrogens is 3. The van der Waals surface area contributed by atoms with Crippen molar-refractivity contribution < 1.29 is 0 Å². The quantitative estimate of drug-likeness (QED) is 0.269. The average Bonchev–Trinajstić information content (AvgIpc) is 3.11. The maximum absolute atomic E-state index is 4.56. The fourth-order valence-corrected chi connectivity index (χ4v) is 3.89. The van der Waals surface area contributed by atoms with Crippen molar-refractivity contribution in [2.75, 3.05) is 0 Å². The summed E-state index contributed by atoms with van der Waals surface area (Å²) in [5.74, 6) is 0. The molecule has 0 aliphatic heterocycles. The molecule has 1 heterocycles. The molecule has 3 heteroatoms. The van der Waals surface area contributed by atoms with Crippen LogP contribution in [-0.2, 0) is 5.54 Å². The van der Waals surface area contributed by atoms with Crippen LogP contribution in [0.1, 0.15) is 90.9 Å². The number of hydrogen-bond acceptors (Lipinski definition) is 2. The summed E-state index contributed by atoms with van der Waals surface area (Å²) >= 11 is 0. The van der Waals surface area contributed by atoms with Gasteiger partial charge < -0.3 is 0 Å². The molecular formula is C23H37N3. The molecule has 0 radical (unpaired) electrons. The third-order valence-electron chi connectivity index (χ3n) is 5.58. The second-order valence-corrected chi connectivity index (χ2v) is 7.63. The van der Waals surface area contributed by atoms with E-state index in [9.17, 15) is 0 Å². The van der Waals surface area contributed by atoms with E-state index in [1.54, 1.807) is 0 Å².